The molecule has 1 spiro atoms. The molecule has 1 aromatic heterocycles. The second-order valence-electron chi connectivity index (χ2n) is 7.99. The van der Waals surface area contributed by atoms with Crippen LogP contribution in [0.15, 0.2) is 46.9 Å². The van der Waals surface area contributed by atoms with Gasteiger partial charge in [0.1, 0.15) is 17.1 Å². The zero-order chi connectivity index (χ0) is 20.0. The van der Waals surface area contributed by atoms with Crippen molar-refractivity contribution in [1.29, 1.82) is 0 Å². The van der Waals surface area contributed by atoms with Gasteiger partial charge < -0.3 is 18.8 Å². The van der Waals surface area contributed by atoms with Gasteiger partial charge in [-0.25, -0.2) is 0 Å². The minimum atomic E-state index is -0.302. The topological polar surface area (TPSA) is 51.9 Å². The zero-order valence-electron chi connectivity index (χ0n) is 16.9. The summed E-state index contributed by atoms with van der Waals surface area (Å²) >= 11 is 0. The van der Waals surface area contributed by atoms with Gasteiger partial charge in [-0.2, -0.15) is 0 Å². The summed E-state index contributed by atoms with van der Waals surface area (Å²) in [6, 6.07) is 14.0. The summed E-state index contributed by atoms with van der Waals surface area (Å²) in [5.74, 6) is 1.74. The van der Waals surface area contributed by atoms with E-state index < -0.39 is 0 Å². The number of carbonyl (C=O) groups is 1. The predicted octanol–water partition coefficient (Wildman–Crippen LogP) is 4.45. The van der Waals surface area contributed by atoms with Gasteiger partial charge in [0.25, 0.3) is 5.91 Å². The van der Waals surface area contributed by atoms with Crippen molar-refractivity contribution >= 4 is 16.9 Å². The fraction of sp³-hybridized carbons (Fsp3) is 0.375. The maximum Gasteiger partial charge on any atom is 0.257 e. The van der Waals surface area contributed by atoms with E-state index in [1.165, 1.54) is 11.1 Å². The van der Waals surface area contributed by atoms with Gasteiger partial charge in [-0.15, -0.1) is 0 Å². The van der Waals surface area contributed by atoms with Crippen molar-refractivity contribution in [1.82, 2.24) is 4.90 Å². The summed E-state index contributed by atoms with van der Waals surface area (Å²) in [4.78, 5) is 15.2. The van der Waals surface area contributed by atoms with Crippen LogP contribution >= 0.6 is 0 Å². The number of benzene rings is 2. The summed E-state index contributed by atoms with van der Waals surface area (Å²) < 4.78 is 17.5. The molecule has 2 aromatic carbocycles. The van der Waals surface area contributed by atoms with Crippen LogP contribution in [-0.2, 0) is 16.8 Å². The Morgan fingerprint density at radius 3 is 2.76 bits per heavy atom. The van der Waals surface area contributed by atoms with Gasteiger partial charge in [0.15, 0.2) is 0 Å². The quantitative estimate of drug-likeness (QED) is 0.647. The highest BCUT2D eigenvalue weighted by atomic mass is 16.5. The third-order valence-corrected chi connectivity index (χ3v) is 6.31. The number of ether oxygens (including phenoxy) is 2. The van der Waals surface area contributed by atoms with Crippen molar-refractivity contribution < 1.29 is 18.7 Å². The highest BCUT2D eigenvalue weighted by Gasteiger charge is 2.42. The van der Waals surface area contributed by atoms with Gasteiger partial charge in [-0.05, 0) is 61.6 Å². The Kier molecular flexibility index (Phi) is 4.36. The lowest BCUT2D eigenvalue weighted by Crippen LogP contribution is -2.48. The molecule has 2 aliphatic heterocycles. The first kappa shape index (κ1) is 18.3. The molecule has 0 radical (unpaired) electrons. The highest BCUT2D eigenvalue weighted by Crippen LogP contribution is 2.42. The molecule has 150 valence electrons. The molecule has 0 saturated carbocycles. The smallest absolute Gasteiger partial charge is 0.257 e. The first-order chi connectivity index (χ1) is 14.1. The van der Waals surface area contributed by atoms with Crippen molar-refractivity contribution in [3.05, 3.63) is 64.9 Å². The molecule has 0 unspecified atom stereocenters. The summed E-state index contributed by atoms with van der Waals surface area (Å²) in [5.41, 5.74) is 3.57. The number of methoxy groups -OCH3 is 1. The average molecular weight is 391 g/mol. The van der Waals surface area contributed by atoms with Crippen LogP contribution in [0.25, 0.3) is 11.0 Å². The Morgan fingerprint density at radius 1 is 1.14 bits per heavy atom. The fourth-order valence-corrected chi connectivity index (χ4v) is 4.80. The summed E-state index contributed by atoms with van der Waals surface area (Å²) in [6.45, 7) is 3.95. The third-order valence-electron chi connectivity index (χ3n) is 6.31. The number of para-hydroxylation sites is 1. The molecule has 1 saturated heterocycles. The number of aryl methyl sites for hydroxylation is 1. The number of amides is 1. The molecule has 3 aromatic rings. The molecule has 1 amide bonds. The number of carbonyl (C=O) groups excluding carboxylic acids is 1. The number of furan rings is 1. The normalized spacial score (nSPS) is 18.1. The SMILES string of the molecule is COc1ccc2c(c1)CCOC21CCN(C(=O)c2cccc3cc(C)oc23)CC1. The zero-order valence-corrected chi connectivity index (χ0v) is 16.9. The summed E-state index contributed by atoms with van der Waals surface area (Å²) in [6.07, 6.45) is 2.49. The number of hydrogen-bond acceptors (Lipinski definition) is 4. The summed E-state index contributed by atoms with van der Waals surface area (Å²) in [7, 11) is 1.70. The van der Waals surface area contributed by atoms with Crippen molar-refractivity contribution in [2.45, 2.75) is 31.8 Å². The Bertz CT molecular complexity index is 1080. The largest absolute Gasteiger partial charge is 0.497 e. The van der Waals surface area contributed by atoms with Crippen LogP contribution in [0.1, 0.15) is 40.1 Å². The minimum Gasteiger partial charge on any atom is -0.497 e. The van der Waals surface area contributed by atoms with E-state index >= 15 is 0 Å². The second-order valence-corrected chi connectivity index (χ2v) is 7.99. The molecule has 0 aliphatic carbocycles. The van der Waals surface area contributed by atoms with E-state index in [0.29, 0.717) is 30.8 Å². The Labute approximate surface area is 170 Å². The monoisotopic (exact) mass is 391 g/mol. The first-order valence-corrected chi connectivity index (χ1v) is 10.2. The molecule has 5 nitrogen and oxygen atoms in total. The fourth-order valence-electron chi connectivity index (χ4n) is 4.80. The Balaban J connectivity index is 1.39. The van der Waals surface area contributed by atoms with Gasteiger partial charge >= 0.3 is 0 Å². The average Bonchev–Trinajstić information content (AvgIpc) is 3.14. The van der Waals surface area contributed by atoms with Gasteiger partial charge in [-0.1, -0.05) is 18.2 Å². The van der Waals surface area contributed by atoms with Gasteiger partial charge in [0, 0.05) is 18.5 Å². The number of nitrogens with zero attached hydrogens (tertiary/aromatic N) is 1. The van der Waals surface area contributed by atoms with E-state index in [2.05, 4.69) is 12.1 Å². The molecule has 29 heavy (non-hydrogen) atoms. The van der Waals surface area contributed by atoms with Crippen LogP contribution in [0.2, 0.25) is 0 Å². The van der Waals surface area contributed by atoms with Gasteiger partial charge in [0.05, 0.1) is 24.9 Å². The predicted molar refractivity (Wildman–Crippen MR) is 110 cm³/mol. The molecular formula is C24H25NO4. The Hall–Kier alpha value is -2.79. The van der Waals surface area contributed by atoms with E-state index in [1.54, 1.807) is 7.11 Å². The minimum absolute atomic E-state index is 0.0329. The molecule has 0 atom stereocenters. The maximum atomic E-state index is 13.2. The molecule has 5 heteroatoms. The third kappa shape index (κ3) is 3.01. The molecule has 3 heterocycles. The van der Waals surface area contributed by atoms with Gasteiger partial charge in [0.2, 0.25) is 0 Å². The molecule has 5 rings (SSSR count). The van der Waals surface area contributed by atoms with Crippen molar-refractivity contribution in [2.24, 2.45) is 0 Å². The maximum absolute atomic E-state index is 13.2. The van der Waals surface area contributed by atoms with E-state index in [4.69, 9.17) is 13.9 Å². The van der Waals surface area contributed by atoms with Crippen LogP contribution < -0.4 is 4.74 Å². The van der Waals surface area contributed by atoms with E-state index in [-0.39, 0.29) is 11.5 Å². The number of hydrogen-bond donors (Lipinski definition) is 0. The van der Waals surface area contributed by atoms with Crippen LogP contribution in [0.5, 0.6) is 5.75 Å². The van der Waals surface area contributed by atoms with Gasteiger partial charge in [-0.3, -0.25) is 4.79 Å². The number of likely N-dealkylation sites (tertiary alicyclic amines) is 1. The van der Waals surface area contributed by atoms with Crippen molar-refractivity contribution in [3.63, 3.8) is 0 Å². The lowest BCUT2D eigenvalue weighted by atomic mass is 9.79. The first-order valence-electron chi connectivity index (χ1n) is 10.2. The molecule has 0 bridgehead atoms. The standard InChI is InChI=1S/C24H25NO4/c1-16-14-18-4-3-5-20(22(18)29-16)23(26)25-11-9-24(10-12-25)21-7-6-19(27-2)15-17(21)8-13-28-24/h3-7,14-15H,8-13H2,1-2H3. The number of fused-ring (bicyclic) bond motifs is 3. The van der Waals surface area contributed by atoms with Crippen LogP contribution in [-0.4, -0.2) is 37.6 Å². The molecule has 2 aliphatic rings. The van der Waals surface area contributed by atoms with Crippen molar-refractivity contribution in [2.75, 3.05) is 26.8 Å². The molecule has 0 N–H and O–H groups in total. The molecule has 1 fully saturated rings. The number of piperidine rings is 1. The van der Waals surface area contributed by atoms with Crippen LogP contribution in [0, 0.1) is 6.92 Å². The van der Waals surface area contributed by atoms with Crippen LogP contribution in [0.4, 0.5) is 0 Å². The second kappa shape index (κ2) is 6.92. The van der Waals surface area contributed by atoms with E-state index in [0.717, 1.165) is 36.2 Å². The Morgan fingerprint density at radius 2 is 1.97 bits per heavy atom. The highest BCUT2D eigenvalue weighted by molar-refractivity contribution is 6.05. The lowest BCUT2D eigenvalue weighted by molar-refractivity contribution is -0.0935. The number of rotatable bonds is 2. The van der Waals surface area contributed by atoms with Crippen molar-refractivity contribution in [3.8, 4) is 5.75 Å². The molecular weight excluding hydrogens is 366 g/mol. The van der Waals surface area contributed by atoms with Crippen LogP contribution in [0.3, 0.4) is 0 Å². The van der Waals surface area contributed by atoms with E-state index in [1.807, 2.05) is 42.2 Å². The lowest BCUT2D eigenvalue weighted by Gasteiger charge is -2.45. The summed E-state index contributed by atoms with van der Waals surface area (Å²) in [5, 5.41) is 0.973. The van der Waals surface area contributed by atoms with E-state index in [9.17, 15) is 4.79 Å².